The number of nitrogens with zero attached hydrogens (tertiary/aromatic N) is 2. The molecule has 3 rings (SSSR count). The van der Waals surface area contributed by atoms with Crippen LogP contribution in [-0.4, -0.2) is 52.4 Å². The Hall–Kier alpha value is -3.40. The van der Waals surface area contributed by atoms with Crippen molar-refractivity contribution in [2.24, 2.45) is 0 Å². The van der Waals surface area contributed by atoms with Crippen molar-refractivity contribution in [3.8, 4) is 0 Å². The minimum absolute atomic E-state index is 0.167. The summed E-state index contributed by atoms with van der Waals surface area (Å²) in [5.74, 6) is -2.92. The average molecular weight is 422 g/mol. The van der Waals surface area contributed by atoms with Gasteiger partial charge in [0.2, 0.25) is 0 Å². The van der Waals surface area contributed by atoms with Crippen molar-refractivity contribution >= 4 is 22.8 Å². The summed E-state index contributed by atoms with van der Waals surface area (Å²) < 4.78 is 31.7. The lowest BCUT2D eigenvalue weighted by molar-refractivity contribution is -0.192. The zero-order valence-electron chi connectivity index (χ0n) is 16.3. The van der Waals surface area contributed by atoms with Crippen LogP contribution in [0.5, 0.6) is 0 Å². The highest BCUT2D eigenvalue weighted by Gasteiger charge is 2.38. The molecule has 1 amide bonds. The van der Waals surface area contributed by atoms with E-state index in [9.17, 15) is 18.0 Å². The summed E-state index contributed by atoms with van der Waals surface area (Å²) in [6.07, 6.45) is -5.08. The van der Waals surface area contributed by atoms with Gasteiger partial charge in [0.25, 0.3) is 5.91 Å². The summed E-state index contributed by atoms with van der Waals surface area (Å²) in [5, 5.41) is 17.9. The number of hydrogen-bond acceptors (Lipinski definition) is 4. The van der Waals surface area contributed by atoms with Crippen LogP contribution in [0, 0.1) is 0 Å². The van der Waals surface area contributed by atoms with Gasteiger partial charge in [-0.1, -0.05) is 42.5 Å². The number of hydrogen-bond donors (Lipinski definition) is 3. The van der Waals surface area contributed by atoms with Crippen LogP contribution in [0.15, 0.2) is 48.5 Å². The van der Waals surface area contributed by atoms with Crippen molar-refractivity contribution in [2.45, 2.75) is 19.3 Å². The van der Waals surface area contributed by atoms with Gasteiger partial charge in [0, 0.05) is 18.5 Å². The summed E-state index contributed by atoms with van der Waals surface area (Å²) in [4.78, 5) is 23.3. The van der Waals surface area contributed by atoms with Gasteiger partial charge in [-0.3, -0.25) is 9.89 Å². The van der Waals surface area contributed by atoms with E-state index in [0.717, 1.165) is 23.0 Å². The van der Waals surface area contributed by atoms with Crippen LogP contribution in [0.4, 0.5) is 13.2 Å². The number of carbonyl (C=O) groups excluding carboxylic acids is 1. The molecule has 0 aliphatic carbocycles. The summed E-state index contributed by atoms with van der Waals surface area (Å²) in [7, 11) is 4.09. The molecule has 10 heteroatoms. The lowest BCUT2D eigenvalue weighted by atomic mass is 10.1. The van der Waals surface area contributed by atoms with Crippen LogP contribution < -0.4 is 5.32 Å². The van der Waals surface area contributed by atoms with E-state index in [-0.39, 0.29) is 5.91 Å². The van der Waals surface area contributed by atoms with Crippen molar-refractivity contribution in [2.75, 3.05) is 14.1 Å². The van der Waals surface area contributed by atoms with Gasteiger partial charge in [-0.25, -0.2) is 4.79 Å². The fraction of sp³-hybridized carbons (Fsp3) is 0.250. The number of rotatable bonds is 5. The minimum Gasteiger partial charge on any atom is -0.475 e. The Morgan fingerprint density at radius 3 is 2.20 bits per heavy atom. The van der Waals surface area contributed by atoms with Crippen LogP contribution in [0.3, 0.4) is 0 Å². The molecule has 0 unspecified atom stereocenters. The molecule has 1 heterocycles. The summed E-state index contributed by atoms with van der Waals surface area (Å²) >= 11 is 0. The third kappa shape index (κ3) is 6.59. The lowest BCUT2D eigenvalue weighted by Crippen LogP contribution is -2.23. The SMILES string of the molecule is CN(C)Cc1ccc(CNC(=O)c2n[nH]c3ccccc23)cc1.O=C(O)C(F)(F)F. The van der Waals surface area contributed by atoms with Crippen molar-refractivity contribution < 1.29 is 27.9 Å². The number of carboxylic acids is 1. The number of halogens is 3. The Morgan fingerprint density at radius 1 is 1.07 bits per heavy atom. The number of fused-ring (bicyclic) bond motifs is 1. The third-order valence-electron chi connectivity index (χ3n) is 3.90. The number of aromatic amines is 1. The van der Waals surface area contributed by atoms with Crippen molar-refractivity contribution in [3.63, 3.8) is 0 Å². The van der Waals surface area contributed by atoms with E-state index >= 15 is 0 Å². The first kappa shape index (κ1) is 22.9. The second kappa shape index (κ2) is 9.88. The van der Waals surface area contributed by atoms with Gasteiger partial charge in [-0.15, -0.1) is 0 Å². The normalized spacial score (nSPS) is 11.1. The van der Waals surface area contributed by atoms with Gasteiger partial charge in [0.05, 0.1) is 5.52 Å². The van der Waals surface area contributed by atoms with Crippen LogP contribution in [0.1, 0.15) is 21.6 Å². The van der Waals surface area contributed by atoms with E-state index in [4.69, 9.17) is 9.90 Å². The number of nitrogens with one attached hydrogen (secondary N) is 2. The highest BCUT2D eigenvalue weighted by atomic mass is 19.4. The molecule has 0 radical (unpaired) electrons. The first-order valence-corrected chi connectivity index (χ1v) is 8.82. The second-order valence-electron chi connectivity index (χ2n) is 6.66. The Labute approximate surface area is 170 Å². The van der Waals surface area contributed by atoms with E-state index < -0.39 is 12.1 Å². The molecule has 3 aromatic rings. The number of carboxylic acid groups (broad SMARTS) is 1. The van der Waals surface area contributed by atoms with Gasteiger partial charge in [-0.2, -0.15) is 18.3 Å². The predicted octanol–water partition coefficient (Wildman–Crippen LogP) is 3.19. The van der Waals surface area contributed by atoms with Crippen LogP contribution in [0.2, 0.25) is 0 Å². The number of aromatic nitrogens is 2. The Morgan fingerprint density at radius 2 is 1.63 bits per heavy atom. The number of benzene rings is 2. The number of H-pyrrole nitrogens is 1. The molecular formula is C20H21F3N4O3. The topological polar surface area (TPSA) is 98.3 Å². The number of alkyl halides is 3. The smallest absolute Gasteiger partial charge is 0.475 e. The quantitative estimate of drug-likeness (QED) is 0.587. The van der Waals surface area contributed by atoms with Crippen molar-refractivity contribution in [3.05, 3.63) is 65.4 Å². The number of para-hydroxylation sites is 1. The minimum atomic E-state index is -5.08. The van der Waals surface area contributed by atoms with E-state index in [1.807, 2.05) is 50.5 Å². The second-order valence-corrected chi connectivity index (χ2v) is 6.66. The van der Waals surface area contributed by atoms with Crippen molar-refractivity contribution in [1.82, 2.24) is 20.4 Å². The fourth-order valence-corrected chi connectivity index (χ4v) is 2.53. The molecule has 0 bridgehead atoms. The molecule has 0 saturated heterocycles. The zero-order valence-corrected chi connectivity index (χ0v) is 16.3. The maximum absolute atomic E-state index is 12.3. The molecule has 2 aromatic carbocycles. The lowest BCUT2D eigenvalue weighted by Gasteiger charge is -2.10. The van der Waals surface area contributed by atoms with E-state index in [1.165, 1.54) is 5.56 Å². The molecule has 0 saturated carbocycles. The molecule has 0 fully saturated rings. The molecule has 3 N–H and O–H groups in total. The third-order valence-corrected chi connectivity index (χ3v) is 3.90. The van der Waals surface area contributed by atoms with E-state index in [1.54, 1.807) is 0 Å². The maximum atomic E-state index is 12.3. The van der Waals surface area contributed by atoms with Crippen LogP contribution in [0.25, 0.3) is 10.9 Å². The van der Waals surface area contributed by atoms with Gasteiger partial charge in [0.15, 0.2) is 5.69 Å². The molecule has 0 aliphatic rings. The Bertz CT molecular complexity index is 998. The molecular weight excluding hydrogens is 401 g/mol. The first-order chi connectivity index (χ1) is 14.1. The fourth-order valence-electron chi connectivity index (χ4n) is 2.53. The molecule has 160 valence electrons. The summed E-state index contributed by atoms with van der Waals surface area (Å²) in [6.45, 7) is 1.40. The number of carbonyl (C=O) groups is 2. The summed E-state index contributed by atoms with van der Waals surface area (Å²) in [5.41, 5.74) is 3.62. The van der Waals surface area contributed by atoms with Crippen LogP contribution in [-0.2, 0) is 17.9 Å². The highest BCUT2D eigenvalue weighted by Crippen LogP contribution is 2.15. The molecule has 1 aromatic heterocycles. The van der Waals surface area contributed by atoms with Crippen molar-refractivity contribution in [1.29, 1.82) is 0 Å². The standard InChI is InChI=1S/C18H20N4O.C2HF3O2/c1-22(2)12-14-9-7-13(8-10-14)11-19-18(23)17-15-5-3-4-6-16(15)20-21-17;3-2(4,5)1(6)7/h3-10H,11-12H2,1-2H3,(H,19,23)(H,20,21);(H,6,7). The number of aliphatic carboxylic acids is 1. The molecule has 0 spiro atoms. The molecule has 0 aliphatic heterocycles. The monoisotopic (exact) mass is 422 g/mol. The number of amides is 1. The highest BCUT2D eigenvalue weighted by molar-refractivity contribution is 6.04. The van der Waals surface area contributed by atoms with E-state index in [0.29, 0.717) is 12.2 Å². The predicted molar refractivity (Wildman–Crippen MR) is 105 cm³/mol. The van der Waals surface area contributed by atoms with Gasteiger partial charge in [0.1, 0.15) is 0 Å². The molecule has 7 nitrogen and oxygen atoms in total. The summed E-state index contributed by atoms with van der Waals surface area (Å²) in [6, 6.07) is 15.9. The first-order valence-electron chi connectivity index (χ1n) is 8.82. The van der Waals surface area contributed by atoms with Crippen LogP contribution >= 0.6 is 0 Å². The largest absolute Gasteiger partial charge is 0.490 e. The van der Waals surface area contributed by atoms with Gasteiger partial charge < -0.3 is 15.3 Å². The maximum Gasteiger partial charge on any atom is 0.490 e. The Balaban J connectivity index is 0.000000396. The van der Waals surface area contributed by atoms with Gasteiger partial charge >= 0.3 is 12.1 Å². The van der Waals surface area contributed by atoms with Gasteiger partial charge in [-0.05, 0) is 31.3 Å². The average Bonchev–Trinajstić information content (AvgIpc) is 3.11. The van der Waals surface area contributed by atoms with E-state index in [2.05, 4.69) is 32.5 Å². The molecule has 30 heavy (non-hydrogen) atoms. The molecule has 0 atom stereocenters. The zero-order chi connectivity index (χ0) is 22.3. The Kier molecular flexibility index (Phi) is 7.54.